The third-order valence-electron chi connectivity index (χ3n) is 4.14. The monoisotopic (exact) mass is 364 g/mol. The fourth-order valence-electron chi connectivity index (χ4n) is 2.65. The summed E-state index contributed by atoms with van der Waals surface area (Å²) in [5.41, 5.74) is 3.58. The van der Waals surface area contributed by atoms with Gasteiger partial charge in [-0.25, -0.2) is 9.48 Å². The lowest BCUT2D eigenvalue weighted by atomic mass is 10.2. The highest BCUT2D eigenvalue weighted by molar-refractivity contribution is 5.94. The van der Waals surface area contributed by atoms with E-state index < -0.39 is 5.97 Å². The summed E-state index contributed by atoms with van der Waals surface area (Å²) in [7, 11) is 0. The van der Waals surface area contributed by atoms with Crippen LogP contribution in [0, 0.1) is 13.8 Å². The number of pyridine rings is 1. The minimum atomic E-state index is -0.467. The summed E-state index contributed by atoms with van der Waals surface area (Å²) in [4.78, 5) is 28.1. The van der Waals surface area contributed by atoms with Gasteiger partial charge in [0.2, 0.25) is 0 Å². The number of carbonyl (C=O) groups excluding carboxylic acids is 2. The van der Waals surface area contributed by atoms with E-state index in [4.69, 9.17) is 4.74 Å². The molecule has 0 unspecified atom stereocenters. The number of ether oxygens (including phenoxy) is 1. The van der Waals surface area contributed by atoms with Gasteiger partial charge in [0, 0.05) is 18.0 Å². The van der Waals surface area contributed by atoms with Crippen LogP contribution in [0.5, 0.6) is 0 Å². The second kappa shape index (κ2) is 8.27. The van der Waals surface area contributed by atoms with Crippen molar-refractivity contribution in [1.29, 1.82) is 0 Å². The molecule has 1 N–H and O–H groups in total. The lowest BCUT2D eigenvalue weighted by Gasteiger charge is -2.09. The fraction of sp³-hybridized carbons (Fsp3) is 0.200. The molecule has 7 heteroatoms. The summed E-state index contributed by atoms with van der Waals surface area (Å²) in [6.07, 6.45) is 4.59. The number of benzene rings is 1. The number of nitrogens with zero attached hydrogens (tertiary/aromatic N) is 3. The van der Waals surface area contributed by atoms with Crippen LogP contribution in [-0.2, 0) is 4.74 Å². The molecule has 0 atom stereocenters. The molecule has 2 heterocycles. The van der Waals surface area contributed by atoms with Gasteiger partial charge < -0.3 is 10.1 Å². The Labute approximate surface area is 157 Å². The molecule has 0 saturated carbocycles. The van der Waals surface area contributed by atoms with Gasteiger partial charge in [0.1, 0.15) is 12.2 Å². The molecule has 0 aliphatic rings. The maximum atomic E-state index is 12.3. The van der Waals surface area contributed by atoms with Crippen LogP contribution in [0.2, 0.25) is 0 Å². The molecule has 7 nitrogen and oxygen atoms in total. The van der Waals surface area contributed by atoms with Gasteiger partial charge in [-0.05, 0) is 37.6 Å². The molecule has 0 spiro atoms. The van der Waals surface area contributed by atoms with Crippen molar-refractivity contribution >= 4 is 11.9 Å². The minimum Gasteiger partial charge on any atom is -0.460 e. The number of nitrogens with one attached hydrogen (secondary N) is 1. The molecule has 27 heavy (non-hydrogen) atoms. The average molecular weight is 364 g/mol. The Hall–Kier alpha value is -3.48. The smallest absolute Gasteiger partial charge is 0.341 e. The van der Waals surface area contributed by atoms with Crippen molar-refractivity contribution in [2.75, 3.05) is 13.2 Å². The topological polar surface area (TPSA) is 86.1 Å². The first-order valence-corrected chi connectivity index (χ1v) is 8.54. The molecule has 0 saturated heterocycles. The molecule has 3 rings (SSSR count). The Bertz CT molecular complexity index is 951. The molecule has 0 aliphatic carbocycles. The maximum absolute atomic E-state index is 12.3. The number of amides is 1. The molecule has 0 aliphatic heterocycles. The average Bonchev–Trinajstić information content (AvgIpc) is 3.07. The van der Waals surface area contributed by atoms with E-state index in [0.717, 1.165) is 11.3 Å². The number of carbonyl (C=O) groups is 2. The van der Waals surface area contributed by atoms with E-state index in [1.165, 1.54) is 6.20 Å². The van der Waals surface area contributed by atoms with Gasteiger partial charge in [-0.15, -0.1) is 0 Å². The second-order valence-corrected chi connectivity index (χ2v) is 5.97. The molecular formula is C20H20N4O3. The highest BCUT2D eigenvalue weighted by Crippen LogP contribution is 2.18. The molecular weight excluding hydrogens is 344 g/mol. The van der Waals surface area contributed by atoms with Crippen LogP contribution in [0.4, 0.5) is 0 Å². The number of esters is 1. The molecule has 1 amide bonds. The second-order valence-electron chi connectivity index (χ2n) is 5.97. The van der Waals surface area contributed by atoms with Crippen LogP contribution >= 0.6 is 0 Å². The molecule has 138 valence electrons. The Balaban J connectivity index is 1.56. The van der Waals surface area contributed by atoms with Crippen LogP contribution in [0.15, 0.2) is 55.0 Å². The molecule has 3 aromatic rings. The number of hydrogen-bond acceptors (Lipinski definition) is 5. The van der Waals surface area contributed by atoms with Crippen molar-refractivity contribution in [3.05, 3.63) is 77.4 Å². The number of aryl methyl sites for hydroxylation is 1. The van der Waals surface area contributed by atoms with Crippen LogP contribution in [0.1, 0.15) is 32.0 Å². The highest BCUT2D eigenvalue weighted by Gasteiger charge is 2.17. The van der Waals surface area contributed by atoms with E-state index in [1.807, 2.05) is 38.1 Å². The molecule has 0 radical (unpaired) electrons. The van der Waals surface area contributed by atoms with Crippen LogP contribution in [0.25, 0.3) is 5.69 Å². The van der Waals surface area contributed by atoms with E-state index in [2.05, 4.69) is 15.4 Å². The van der Waals surface area contributed by atoms with Crippen LogP contribution < -0.4 is 5.32 Å². The van der Waals surface area contributed by atoms with Crippen molar-refractivity contribution in [2.45, 2.75) is 13.8 Å². The van der Waals surface area contributed by atoms with Gasteiger partial charge in [0.15, 0.2) is 0 Å². The van der Waals surface area contributed by atoms with Crippen molar-refractivity contribution in [1.82, 2.24) is 20.1 Å². The van der Waals surface area contributed by atoms with Crippen molar-refractivity contribution < 1.29 is 14.3 Å². The van der Waals surface area contributed by atoms with Gasteiger partial charge in [-0.1, -0.05) is 18.2 Å². The zero-order chi connectivity index (χ0) is 19.2. The normalized spacial score (nSPS) is 10.4. The van der Waals surface area contributed by atoms with Gasteiger partial charge in [-0.2, -0.15) is 5.10 Å². The predicted molar refractivity (Wildman–Crippen MR) is 99.9 cm³/mol. The van der Waals surface area contributed by atoms with Gasteiger partial charge in [0.05, 0.1) is 24.1 Å². The first kappa shape index (κ1) is 18.3. The van der Waals surface area contributed by atoms with Crippen molar-refractivity contribution in [2.24, 2.45) is 0 Å². The van der Waals surface area contributed by atoms with E-state index in [1.54, 1.807) is 29.2 Å². The zero-order valence-electron chi connectivity index (χ0n) is 15.2. The number of aromatic nitrogens is 3. The fourth-order valence-corrected chi connectivity index (χ4v) is 2.65. The molecule has 1 aromatic carbocycles. The minimum absolute atomic E-state index is 0.0740. The Morgan fingerprint density at radius 2 is 1.85 bits per heavy atom. The summed E-state index contributed by atoms with van der Waals surface area (Å²) in [6, 6.07) is 11.0. The number of rotatable bonds is 6. The zero-order valence-corrected chi connectivity index (χ0v) is 15.2. The maximum Gasteiger partial charge on any atom is 0.341 e. The quantitative estimate of drug-likeness (QED) is 0.536. The third-order valence-corrected chi connectivity index (χ3v) is 4.14. The summed E-state index contributed by atoms with van der Waals surface area (Å²) in [5.74, 6) is -0.706. The van der Waals surface area contributed by atoms with Crippen LogP contribution in [-0.4, -0.2) is 39.8 Å². The number of hydrogen-bond donors (Lipinski definition) is 1. The van der Waals surface area contributed by atoms with Crippen molar-refractivity contribution in [3.8, 4) is 5.69 Å². The first-order chi connectivity index (χ1) is 13.1. The summed E-state index contributed by atoms with van der Waals surface area (Å²) >= 11 is 0. The Kier molecular flexibility index (Phi) is 5.61. The van der Waals surface area contributed by atoms with Crippen LogP contribution in [0.3, 0.4) is 0 Å². The van der Waals surface area contributed by atoms with E-state index >= 15 is 0 Å². The summed E-state index contributed by atoms with van der Waals surface area (Å²) in [5, 5.41) is 7.00. The Morgan fingerprint density at radius 1 is 1.11 bits per heavy atom. The lowest BCUT2D eigenvalue weighted by Crippen LogP contribution is -2.28. The first-order valence-electron chi connectivity index (χ1n) is 8.54. The molecule has 0 fully saturated rings. The van der Waals surface area contributed by atoms with Gasteiger partial charge in [0.25, 0.3) is 5.91 Å². The van der Waals surface area contributed by atoms with Gasteiger partial charge >= 0.3 is 5.97 Å². The largest absolute Gasteiger partial charge is 0.460 e. The summed E-state index contributed by atoms with van der Waals surface area (Å²) in [6.45, 7) is 4.10. The molecule has 2 aromatic heterocycles. The van der Waals surface area contributed by atoms with E-state index in [0.29, 0.717) is 16.8 Å². The Morgan fingerprint density at radius 3 is 2.59 bits per heavy atom. The number of para-hydroxylation sites is 1. The van der Waals surface area contributed by atoms with E-state index in [-0.39, 0.29) is 19.1 Å². The lowest BCUT2D eigenvalue weighted by molar-refractivity contribution is 0.0502. The van der Waals surface area contributed by atoms with Gasteiger partial charge in [-0.3, -0.25) is 9.78 Å². The standard InChI is InChI=1S/C20H20N4O3/c1-14-5-3-4-6-18(14)24-15(2)17(13-23-24)20(26)27-12-11-22-19(25)16-7-9-21-10-8-16/h3-10,13H,11-12H2,1-2H3,(H,22,25). The SMILES string of the molecule is Cc1ccccc1-n1ncc(C(=O)OCCNC(=O)c2ccncc2)c1C. The van der Waals surface area contributed by atoms with E-state index in [9.17, 15) is 9.59 Å². The highest BCUT2D eigenvalue weighted by atomic mass is 16.5. The third kappa shape index (κ3) is 4.20. The summed E-state index contributed by atoms with van der Waals surface area (Å²) < 4.78 is 6.97. The predicted octanol–water partition coefficient (Wildman–Crippen LogP) is 2.47. The molecule has 0 bridgehead atoms. The van der Waals surface area contributed by atoms with Crippen molar-refractivity contribution in [3.63, 3.8) is 0 Å².